The normalized spacial score (nSPS) is 16.7. The number of aromatic nitrogens is 5. The van der Waals surface area contributed by atoms with E-state index in [9.17, 15) is 31.0 Å². The van der Waals surface area contributed by atoms with E-state index in [0.29, 0.717) is 38.6 Å². The summed E-state index contributed by atoms with van der Waals surface area (Å²) in [4.78, 5) is 18.1. The highest BCUT2D eigenvalue weighted by molar-refractivity contribution is 7.85. The molecule has 1 amide bonds. The first-order valence-corrected chi connectivity index (χ1v) is 16.9. The molecular formula is C32H27ClF7N7O2S. The van der Waals surface area contributed by atoms with Crippen LogP contribution in [0.5, 0.6) is 0 Å². The van der Waals surface area contributed by atoms with Crippen LogP contribution >= 0.6 is 11.6 Å². The average molecular weight is 742 g/mol. The minimum Gasteiger partial charge on any atom is -0.346 e. The molecule has 18 heteroatoms. The second-order valence-electron chi connectivity index (χ2n) is 12.0. The number of amides is 1. The Morgan fingerprint density at radius 3 is 2.46 bits per heavy atom. The van der Waals surface area contributed by atoms with Crippen molar-refractivity contribution in [3.8, 4) is 11.1 Å². The van der Waals surface area contributed by atoms with Crippen molar-refractivity contribution < 1.29 is 39.7 Å². The first-order valence-electron chi connectivity index (χ1n) is 15.0. The largest absolute Gasteiger partial charge is 0.435 e. The van der Waals surface area contributed by atoms with Gasteiger partial charge in [0.05, 0.1) is 17.3 Å². The number of nitrogens with zero attached hydrogens (tertiary/aromatic N) is 5. The van der Waals surface area contributed by atoms with Crippen LogP contribution in [0.3, 0.4) is 0 Å². The molecule has 0 saturated heterocycles. The SMILES string of the molecule is C[C@H]1CC(F)(F)c2c1c(C(F)(F)F)nn2CC(=O)NC(Cc1cc(F)cc(F)c1)c1nc(Cl)ccc1-c1cccc2c(NS(C)=O)nn(C)c12. The molecule has 0 radical (unpaired) electrons. The smallest absolute Gasteiger partial charge is 0.346 e. The van der Waals surface area contributed by atoms with E-state index >= 15 is 8.78 Å². The summed E-state index contributed by atoms with van der Waals surface area (Å²) in [6.45, 7) is 0.191. The molecule has 1 aliphatic carbocycles. The van der Waals surface area contributed by atoms with Gasteiger partial charge >= 0.3 is 6.18 Å². The van der Waals surface area contributed by atoms with Gasteiger partial charge in [0.1, 0.15) is 40.0 Å². The van der Waals surface area contributed by atoms with E-state index in [4.69, 9.17) is 11.6 Å². The topological polar surface area (TPSA) is 107 Å². The lowest BCUT2D eigenvalue weighted by atomic mass is 9.94. The molecule has 2 aromatic carbocycles. The Morgan fingerprint density at radius 2 is 1.80 bits per heavy atom. The third kappa shape index (κ3) is 6.80. The molecule has 3 heterocycles. The van der Waals surface area contributed by atoms with Crippen molar-refractivity contribution >= 4 is 45.2 Å². The van der Waals surface area contributed by atoms with Crippen LogP contribution < -0.4 is 10.0 Å². The van der Waals surface area contributed by atoms with Gasteiger partial charge in [0.25, 0.3) is 5.92 Å². The van der Waals surface area contributed by atoms with Crippen LogP contribution in [0.1, 0.15) is 53.5 Å². The second kappa shape index (κ2) is 13.0. The molecule has 5 aromatic rings. The van der Waals surface area contributed by atoms with Crippen LogP contribution in [0.2, 0.25) is 5.15 Å². The molecule has 2 N–H and O–H groups in total. The van der Waals surface area contributed by atoms with E-state index in [0.717, 1.165) is 12.1 Å². The van der Waals surface area contributed by atoms with Crippen LogP contribution in [0.4, 0.5) is 36.6 Å². The molecule has 264 valence electrons. The standard InChI is InChI=1S/C32H27ClF7N7O2S/c1-15-13-31(36,37)29-25(15)28(32(38,39)40)43-47(29)14-24(48)41-22(11-16-9-17(34)12-18(35)10-16)26-19(7-8-23(33)42-26)20-5-4-6-21-27(20)46(2)44-30(21)45-50(3)49/h4-10,12,15,22H,11,13-14H2,1-3H3,(H,41,48)(H,44,45)/t15-,22?,50?/m0/s1. The molecule has 50 heavy (non-hydrogen) atoms. The molecule has 3 atom stereocenters. The third-order valence-corrected chi connectivity index (χ3v) is 8.96. The molecule has 9 nitrogen and oxygen atoms in total. The van der Waals surface area contributed by atoms with Gasteiger partial charge in [-0.05, 0) is 48.2 Å². The highest BCUT2D eigenvalue weighted by atomic mass is 35.5. The number of hydrogen-bond acceptors (Lipinski definition) is 5. The molecule has 0 bridgehead atoms. The van der Waals surface area contributed by atoms with Gasteiger partial charge < -0.3 is 5.32 Å². The minimum absolute atomic E-state index is 0.0392. The zero-order chi connectivity index (χ0) is 36.3. The molecule has 1 aliphatic rings. The number of para-hydroxylation sites is 1. The van der Waals surface area contributed by atoms with Gasteiger partial charge in [-0.3, -0.25) is 18.9 Å². The van der Waals surface area contributed by atoms with Crippen molar-refractivity contribution in [2.24, 2.45) is 7.05 Å². The predicted octanol–water partition coefficient (Wildman–Crippen LogP) is 7.19. The van der Waals surface area contributed by atoms with Gasteiger partial charge in [-0.15, -0.1) is 0 Å². The third-order valence-electron chi connectivity index (χ3n) is 8.27. The number of alkyl halides is 5. The number of carbonyl (C=O) groups excluding carboxylic acids is 1. The van der Waals surface area contributed by atoms with Gasteiger partial charge in [0, 0.05) is 47.9 Å². The first kappa shape index (κ1) is 35.3. The Bertz CT molecular complexity index is 2150. The summed E-state index contributed by atoms with van der Waals surface area (Å²) in [5.74, 6) is -7.42. The van der Waals surface area contributed by atoms with E-state index in [1.165, 1.54) is 23.9 Å². The molecule has 6 rings (SSSR count). The molecule has 0 fully saturated rings. The number of rotatable bonds is 9. The van der Waals surface area contributed by atoms with E-state index in [-0.39, 0.29) is 22.8 Å². The lowest BCUT2D eigenvalue weighted by Crippen LogP contribution is -2.35. The molecule has 0 spiro atoms. The maximum absolute atomic E-state index is 15.0. The Hall–Kier alpha value is -4.51. The summed E-state index contributed by atoms with van der Waals surface area (Å²) < 4.78 is 117. The summed E-state index contributed by atoms with van der Waals surface area (Å²) in [6, 6.07) is 9.61. The van der Waals surface area contributed by atoms with Gasteiger partial charge in [-0.2, -0.15) is 32.1 Å². The van der Waals surface area contributed by atoms with Crippen LogP contribution in [-0.2, 0) is 47.9 Å². The summed E-state index contributed by atoms with van der Waals surface area (Å²) in [6.07, 6.45) is -4.82. The van der Waals surface area contributed by atoms with E-state index in [1.807, 2.05) is 0 Å². The lowest BCUT2D eigenvalue weighted by Gasteiger charge is -2.23. The average Bonchev–Trinajstić information content (AvgIpc) is 3.61. The van der Waals surface area contributed by atoms with E-state index < -0.39 is 82.5 Å². The molecule has 0 saturated carbocycles. The van der Waals surface area contributed by atoms with Gasteiger partial charge in [0.15, 0.2) is 11.5 Å². The molecule has 2 unspecified atom stereocenters. The van der Waals surface area contributed by atoms with Crippen molar-refractivity contribution in [2.45, 2.75) is 50.4 Å². The maximum atomic E-state index is 15.0. The number of fused-ring (bicyclic) bond motifs is 2. The van der Waals surface area contributed by atoms with Crippen LogP contribution in [0, 0.1) is 11.6 Å². The fourth-order valence-corrected chi connectivity index (χ4v) is 7.08. The quantitative estimate of drug-likeness (QED) is 0.123. The van der Waals surface area contributed by atoms with Crippen LogP contribution in [-0.4, -0.2) is 40.9 Å². The summed E-state index contributed by atoms with van der Waals surface area (Å²) in [5, 5.41) is 11.0. The van der Waals surface area contributed by atoms with Crippen molar-refractivity contribution in [3.63, 3.8) is 0 Å². The molecule has 0 aliphatic heterocycles. The molecule has 3 aromatic heterocycles. The van der Waals surface area contributed by atoms with Gasteiger partial charge in [-0.25, -0.2) is 18.0 Å². The van der Waals surface area contributed by atoms with Crippen LogP contribution in [0.15, 0.2) is 48.5 Å². The van der Waals surface area contributed by atoms with Gasteiger partial charge in [0.2, 0.25) is 5.91 Å². The number of aryl methyl sites for hydroxylation is 1. The highest BCUT2D eigenvalue weighted by Crippen LogP contribution is 2.52. The number of nitrogens with one attached hydrogen (secondary N) is 2. The summed E-state index contributed by atoms with van der Waals surface area (Å²) in [5.41, 5.74) is -1.62. The Morgan fingerprint density at radius 1 is 1.10 bits per heavy atom. The van der Waals surface area contributed by atoms with Crippen molar-refractivity contribution in [3.05, 3.63) is 93.5 Å². The Balaban J connectivity index is 1.46. The van der Waals surface area contributed by atoms with Gasteiger partial charge in [-0.1, -0.05) is 30.7 Å². The number of carbonyl (C=O) groups is 1. The second-order valence-corrected chi connectivity index (χ2v) is 13.5. The number of benzene rings is 2. The number of anilines is 1. The first-order chi connectivity index (χ1) is 23.4. The number of pyridine rings is 1. The highest BCUT2D eigenvalue weighted by Gasteiger charge is 2.53. The van der Waals surface area contributed by atoms with Crippen molar-refractivity contribution in [2.75, 3.05) is 11.0 Å². The van der Waals surface area contributed by atoms with E-state index in [1.54, 1.807) is 31.3 Å². The number of halogens is 8. The van der Waals surface area contributed by atoms with Crippen molar-refractivity contribution in [1.82, 2.24) is 29.9 Å². The Kier molecular flexibility index (Phi) is 9.18. The fourth-order valence-electron chi connectivity index (χ4n) is 6.50. The maximum Gasteiger partial charge on any atom is 0.435 e. The predicted molar refractivity (Wildman–Crippen MR) is 172 cm³/mol. The summed E-state index contributed by atoms with van der Waals surface area (Å²) >= 11 is 6.32. The van der Waals surface area contributed by atoms with E-state index in [2.05, 4.69) is 25.2 Å². The lowest BCUT2D eigenvalue weighted by molar-refractivity contribution is -0.142. The number of hydrogen-bond donors (Lipinski definition) is 2. The Labute approximate surface area is 287 Å². The zero-order valence-electron chi connectivity index (χ0n) is 26.4. The molecular weight excluding hydrogens is 715 g/mol. The summed E-state index contributed by atoms with van der Waals surface area (Å²) in [7, 11) is 0.174. The fraction of sp³-hybridized carbons (Fsp3) is 0.312. The monoisotopic (exact) mass is 741 g/mol. The zero-order valence-corrected chi connectivity index (χ0v) is 28.0. The van der Waals surface area contributed by atoms with Crippen LogP contribution in [0.25, 0.3) is 22.0 Å². The minimum atomic E-state index is -5.06. The van der Waals surface area contributed by atoms with Crippen molar-refractivity contribution in [1.29, 1.82) is 0 Å².